The number of nitrogens with two attached hydrogens (primary N) is 1. The Hall–Kier alpha value is -2.49. The Morgan fingerprint density at radius 1 is 1.19 bits per heavy atom. The molecule has 0 saturated heterocycles. The topological polar surface area (TPSA) is 64.3 Å². The molecular formula is C17H20N2O2. The molecule has 2 aromatic carbocycles. The molecule has 2 rings (SSSR count). The molecule has 4 heteroatoms. The number of hydrogen-bond acceptors (Lipinski definition) is 3. The van der Waals surface area contributed by atoms with Crippen molar-refractivity contribution in [3.63, 3.8) is 0 Å². The molecule has 2 aromatic rings. The van der Waals surface area contributed by atoms with Crippen LogP contribution in [0.5, 0.6) is 5.75 Å². The van der Waals surface area contributed by atoms with Crippen molar-refractivity contribution in [3.05, 3.63) is 59.7 Å². The van der Waals surface area contributed by atoms with E-state index in [-0.39, 0.29) is 5.91 Å². The predicted octanol–water partition coefficient (Wildman–Crippen LogP) is 2.66. The summed E-state index contributed by atoms with van der Waals surface area (Å²) in [7, 11) is 0. The van der Waals surface area contributed by atoms with Gasteiger partial charge >= 0.3 is 0 Å². The summed E-state index contributed by atoms with van der Waals surface area (Å²) in [5.41, 5.74) is 8.60. The molecule has 110 valence electrons. The smallest absolute Gasteiger partial charge is 0.223 e. The highest BCUT2D eigenvalue weighted by Crippen LogP contribution is 2.14. The molecule has 0 aliphatic carbocycles. The summed E-state index contributed by atoms with van der Waals surface area (Å²) in [6, 6.07) is 15.3. The van der Waals surface area contributed by atoms with Crippen molar-refractivity contribution in [2.24, 2.45) is 0 Å². The van der Waals surface area contributed by atoms with Gasteiger partial charge in [-0.1, -0.05) is 35.9 Å². The van der Waals surface area contributed by atoms with Gasteiger partial charge in [0.15, 0.2) is 0 Å². The van der Waals surface area contributed by atoms with Crippen LogP contribution >= 0.6 is 0 Å². The van der Waals surface area contributed by atoms with Gasteiger partial charge in [-0.3, -0.25) is 4.79 Å². The van der Waals surface area contributed by atoms with E-state index in [4.69, 9.17) is 10.5 Å². The molecule has 0 fully saturated rings. The van der Waals surface area contributed by atoms with Gasteiger partial charge in [-0.05, 0) is 24.6 Å². The van der Waals surface area contributed by atoms with E-state index in [2.05, 4.69) is 5.32 Å². The second-order valence-corrected chi connectivity index (χ2v) is 4.93. The fourth-order valence-corrected chi connectivity index (χ4v) is 1.86. The minimum Gasteiger partial charge on any atom is -0.493 e. The summed E-state index contributed by atoms with van der Waals surface area (Å²) in [6.45, 7) is 2.91. The van der Waals surface area contributed by atoms with E-state index in [0.29, 0.717) is 31.0 Å². The van der Waals surface area contributed by atoms with Crippen molar-refractivity contribution >= 4 is 11.6 Å². The molecule has 0 atom stereocenters. The van der Waals surface area contributed by atoms with Gasteiger partial charge in [0.1, 0.15) is 5.75 Å². The van der Waals surface area contributed by atoms with Crippen molar-refractivity contribution in [2.75, 3.05) is 12.3 Å². The molecule has 1 amide bonds. The second-order valence-electron chi connectivity index (χ2n) is 4.93. The first kappa shape index (κ1) is 14.9. The number of carbonyl (C=O) groups is 1. The fraction of sp³-hybridized carbons (Fsp3) is 0.235. The first-order chi connectivity index (χ1) is 10.1. The third kappa shape index (κ3) is 5.18. The van der Waals surface area contributed by atoms with E-state index in [1.165, 1.54) is 5.56 Å². The Kier molecular flexibility index (Phi) is 5.21. The Morgan fingerprint density at radius 2 is 1.95 bits per heavy atom. The molecular weight excluding hydrogens is 264 g/mol. The van der Waals surface area contributed by atoms with Crippen LogP contribution < -0.4 is 15.8 Å². The van der Waals surface area contributed by atoms with Gasteiger partial charge in [-0.25, -0.2) is 0 Å². The lowest BCUT2D eigenvalue weighted by molar-refractivity contribution is -0.121. The number of nitrogen functional groups attached to an aromatic ring is 1. The fourth-order valence-electron chi connectivity index (χ4n) is 1.86. The highest BCUT2D eigenvalue weighted by Gasteiger charge is 2.02. The maximum atomic E-state index is 11.7. The second kappa shape index (κ2) is 7.33. The van der Waals surface area contributed by atoms with Crippen LogP contribution in [0.4, 0.5) is 5.69 Å². The van der Waals surface area contributed by atoms with Crippen LogP contribution in [0.3, 0.4) is 0 Å². The van der Waals surface area contributed by atoms with E-state index in [9.17, 15) is 4.79 Å². The number of benzene rings is 2. The van der Waals surface area contributed by atoms with Gasteiger partial charge in [0.25, 0.3) is 0 Å². The van der Waals surface area contributed by atoms with E-state index in [0.717, 1.165) is 5.56 Å². The number of nitrogens with one attached hydrogen (secondary N) is 1. The Balaban J connectivity index is 1.69. The standard InChI is InChI=1S/C17H20N2O2/c1-13-5-7-14(8-6-13)12-19-17(20)9-10-21-16-4-2-3-15(18)11-16/h2-8,11H,9-10,12,18H2,1H3,(H,19,20). The van der Waals surface area contributed by atoms with Gasteiger partial charge in [0.2, 0.25) is 5.91 Å². The molecule has 0 heterocycles. The number of hydrogen-bond donors (Lipinski definition) is 2. The van der Waals surface area contributed by atoms with Crippen molar-refractivity contribution in [3.8, 4) is 5.75 Å². The summed E-state index contributed by atoms with van der Waals surface area (Å²) in [5.74, 6) is 0.654. The maximum Gasteiger partial charge on any atom is 0.223 e. The normalized spacial score (nSPS) is 10.1. The zero-order valence-electron chi connectivity index (χ0n) is 12.1. The lowest BCUT2D eigenvalue weighted by Crippen LogP contribution is -2.24. The van der Waals surface area contributed by atoms with E-state index in [1.807, 2.05) is 43.3 Å². The first-order valence-electron chi connectivity index (χ1n) is 6.94. The number of anilines is 1. The maximum absolute atomic E-state index is 11.7. The van der Waals surface area contributed by atoms with Crippen LogP contribution in [0.2, 0.25) is 0 Å². The molecule has 0 radical (unpaired) electrons. The number of ether oxygens (including phenoxy) is 1. The third-order valence-electron chi connectivity index (χ3n) is 3.07. The Bertz CT molecular complexity index is 594. The van der Waals surface area contributed by atoms with Crippen molar-refractivity contribution < 1.29 is 9.53 Å². The summed E-state index contributed by atoms with van der Waals surface area (Å²) >= 11 is 0. The minimum atomic E-state index is -0.0283. The lowest BCUT2D eigenvalue weighted by atomic mass is 10.1. The summed E-state index contributed by atoms with van der Waals surface area (Å²) < 4.78 is 5.48. The van der Waals surface area contributed by atoms with Gasteiger partial charge in [0.05, 0.1) is 13.0 Å². The number of rotatable bonds is 6. The average Bonchev–Trinajstić information content (AvgIpc) is 2.47. The average molecular weight is 284 g/mol. The van der Waals surface area contributed by atoms with E-state index >= 15 is 0 Å². The van der Waals surface area contributed by atoms with Crippen LogP contribution in [0.1, 0.15) is 17.5 Å². The van der Waals surface area contributed by atoms with Crippen LogP contribution in [0.25, 0.3) is 0 Å². The molecule has 0 aliphatic rings. The van der Waals surface area contributed by atoms with Gasteiger partial charge < -0.3 is 15.8 Å². The van der Waals surface area contributed by atoms with Gasteiger partial charge in [-0.2, -0.15) is 0 Å². The van der Waals surface area contributed by atoms with Crippen molar-refractivity contribution in [1.82, 2.24) is 5.32 Å². The van der Waals surface area contributed by atoms with Crippen LogP contribution in [-0.2, 0) is 11.3 Å². The monoisotopic (exact) mass is 284 g/mol. The minimum absolute atomic E-state index is 0.0283. The quantitative estimate of drug-likeness (QED) is 0.802. The molecule has 21 heavy (non-hydrogen) atoms. The molecule has 0 aliphatic heterocycles. The van der Waals surface area contributed by atoms with E-state index < -0.39 is 0 Å². The Labute approximate surface area is 124 Å². The molecule has 0 aromatic heterocycles. The molecule has 0 saturated carbocycles. The number of aryl methyl sites for hydroxylation is 1. The molecule has 4 nitrogen and oxygen atoms in total. The predicted molar refractivity (Wildman–Crippen MR) is 84.0 cm³/mol. The highest BCUT2D eigenvalue weighted by atomic mass is 16.5. The number of amides is 1. The highest BCUT2D eigenvalue weighted by molar-refractivity contribution is 5.76. The molecule has 3 N–H and O–H groups in total. The van der Waals surface area contributed by atoms with E-state index in [1.54, 1.807) is 12.1 Å². The van der Waals surface area contributed by atoms with Crippen molar-refractivity contribution in [1.29, 1.82) is 0 Å². The van der Waals surface area contributed by atoms with Crippen LogP contribution in [0, 0.1) is 6.92 Å². The lowest BCUT2D eigenvalue weighted by Gasteiger charge is -2.08. The third-order valence-corrected chi connectivity index (χ3v) is 3.07. The summed E-state index contributed by atoms with van der Waals surface area (Å²) in [4.78, 5) is 11.7. The number of carbonyl (C=O) groups excluding carboxylic acids is 1. The van der Waals surface area contributed by atoms with Gasteiger partial charge in [-0.15, -0.1) is 0 Å². The zero-order valence-corrected chi connectivity index (χ0v) is 12.1. The zero-order chi connectivity index (χ0) is 15.1. The first-order valence-corrected chi connectivity index (χ1v) is 6.94. The van der Waals surface area contributed by atoms with Crippen molar-refractivity contribution in [2.45, 2.75) is 19.9 Å². The van der Waals surface area contributed by atoms with Gasteiger partial charge in [0, 0.05) is 18.3 Å². The molecule has 0 spiro atoms. The largest absolute Gasteiger partial charge is 0.493 e. The van der Waals surface area contributed by atoms with Crippen LogP contribution in [0.15, 0.2) is 48.5 Å². The summed E-state index contributed by atoms with van der Waals surface area (Å²) in [5, 5.41) is 2.87. The SMILES string of the molecule is Cc1ccc(CNC(=O)CCOc2cccc(N)c2)cc1. The van der Waals surface area contributed by atoms with Crippen LogP contribution in [-0.4, -0.2) is 12.5 Å². The molecule has 0 unspecified atom stereocenters. The Morgan fingerprint density at radius 3 is 2.67 bits per heavy atom. The summed E-state index contributed by atoms with van der Waals surface area (Å²) in [6.07, 6.45) is 0.320. The molecule has 0 bridgehead atoms.